The Morgan fingerprint density at radius 3 is 2.38 bits per heavy atom. The van der Waals surface area contributed by atoms with Crippen LogP contribution < -0.4 is 15.1 Å². The summed E-state index contributed by atoms with van der Waals surface area (Å²) < 4.78 is 4.81. The molecule has 26 heavy (non-hydrogen) atoms. The van der Waals surface area contributed by atoms with Gasteiger partial charge in [0.1, 0.15) is 5.82 Å². The van der Waals surface area contributed by atoms with Crippen LogP contribution in [0.5, 0.6) is 0 Å². The van der Waals surface area contributed by atoms with E-state index in [4.69, 9.17) is 4.52 Å². The third-order valence-electron chi connectivity index (χ3n) is 4.09. The highest BCUT2D eigenvalue weighted by molar-refractivity contribution is 6.01. The minimum atomic E-state index is -0.386. The number of nitrogens with zero attached hydrogens (tertiary/aromatic N) is 6. The Bertz CT molecular complexity index is 845. The van der Waals surface area contributed by atoms with Crippen molar-refractivity contribution >= 4 is 23.4 Å². The average molecular weight is 351 g/mol. The SMILES string of the molecule is O=C(Nc1cnc(N2CCN(c3ccccn3)CC2)nc1)c1ccno1. The quantitative estimate of drug-likeness (QED) is 0.754. The van der Waals surface area contributed by atoms with Gasteiger partial charge in [-0.15, -0.1) is 0 Å². The number of amides is 1. The standard InChI is InChI=1S/C17H17N7O2/c25-16(14-4-6-21-26-14)22-13-11-19-17(20-12-13)24-9-7-23(8-10-24)15-3-1-2-5-18-15/h1-6,11-12H,7-10H2,(H,22,25). The molecule has 1 fully saturated rings. The van der Waals surface area contributed by atoms with Crippen LogP contribution in [0.3, 0.4) is 0 Å². The summed E-state index contributed by atoms with van der Waals surface area (Å²) in [5.41, 5.74) is 0.502. The first-order valence-electron chi connectivity index (χ1n) is 8.24. The number of aromatic nitrogens is 4. The lowest BCUT2D eigenvalue weighted by atomic mass is 10.3. The number of piperazine rings is 1. The van der Waals surface area contributed by atoms with Gasteiger partial charge in [-0.25, -0.2) is 15.0 Å². The first kappa shape index (κ1) is 16.0. The van der Waals surface area contributed by atoms with E-state index in [1.165, 1.54) is 12.3 Å². The zero-order valence-corrected chi connectivity index (χ0v) is 13.9. The lowest BCUT2D eigenvalue weighted by Gasteiger charge is -2.35. The molecule has 1 aliphatic heterocycles. The molecule has 0 spiro atoms. The van der Waals surface area contributed by atoms with E-state index in [-0.39, 0.29) is 11.7 Å². The van der Waals surface area contributed by atoms with Gasteiger partial charge in [-0.2, -0.15) is 0 Å². The highest BCUT2D eigenvalue weighted by Crippen LogP contribution is 2.16. The molecular formula is C17H17N7O2. The Labute approximate surface area is 149 Å². The second-order valence-electron chi connectivity index (χ2n) is 5.76. The lowest BCUT2D eigenvalue weighted by Crippen LogP contribution is -2.47. The van der Waals surface area contributed by atoms with Gasteiger partial charge in [-0.3, -0.25) is 4.79 Å². The van der Waals surface area contributed by atoms with Gasteiger partial charge in [0.25, 0.3) is 5.91 Å². The molecule has 132 valence electrons. The van der Waals surface area contributed by atoms with E-state index >= 15 is 0 Å². The molecule has 3 aromatic rings. The molecule has 4 rings (SSSR count). The molecular weight excluding hydrogens is 334 g/mol. The van der Waals surface area contributed by atoms with Crippen LogP contribution in [0, 0.1) is 0 Å². The summed E-state index contributed by atoms with van der Waals surface area (Å²) in [6.45, 7) is 3.31. The van der Waals surface area contributed by atoms with Crippen LogP contribution in [-0.2, 0) is 0 Å². The smallest absolute Gasteiger partial charge is 0.294 e. The van der Waals surface area contributed by atoms with Crippen LogP contribution in [0.4, 0.5) is 17.5 Å². The van der Waals surface area contributed by atoms with Crippen LogP contribution in [0.2, 0.25) is 0 Å². The summed E-state index contributed by atoms with van der Waals surface area (Å²) in [6.07, 6.45) is 6.39. The van der Waals surface area contributed by atoms with Crippen LogP contribution in [0.1, 0.15) is 10.6 Å². The molecule has 1 aliphatic rings. The number of nitrogens with one attached hydrogen (secondary N) is 1. The molecule has 0 saturated carbocycles. The van der Waals surface area contributed by atoms with Crippen molar-refractivity contribution in [1.82, 2.24) is 20.1 Å². The minimum Gasteiger partial charge on any atom is -0.353 e. The first-order valence-corrected chi connectivity index (χ1v) is 8.24. The molecule has 0 aliphatic carbocycles. The highest BCUT2D eigenvalue weighted by Gasteiger charge is 2.20. The van der Waals surface area contributed by atoms with Crippen molar-refractivity contribution in [2.45, 2.75) is 0 Å². The van der Waals surface area contributed by atoms with Gasteiger partial charge in [0.05, 0.1) is 24.3 Å². The first-order chi connectivity index (χ1) is 12.8. The van der Waals surface area contributed by atoms with E-state index in [0.717, 1.165) is 32.0 Å². The van der Waals surface area contributed by atoms with Crippen LogP contribution in [0.25, 0.3) is 0 Å². The molecule has 9 nitrogen and oxygen atoms in total. The maximum Gasteiger partial charge on any atom is 0.294 e. The van der Waals surface area contributed by atoms with Gasteiger partial charge in [0.15, 0.2) is 0 Å². The molecule has 0 atom stereocenters. The van der Waals surface area contributed by atoms with Crippen molar-refractivity contribution in [1.29, 1.82) is 0 Å². The Kier molecular flexibility index (Phi) is 4.42. The zero-order chi connectivity index (χ0) is 17.8. The molecule has 1 saturated heterocycles. The minimum absolute atomic E-state index is 0.139. The van der Waals surface area contributed by atoms with Crippen molar-refractivity contribution in [3.8, 4) is 0 Å². The number of carbonyl (C=O) groups excluding carboxylic acids is 1. The Hall–Kier alpha value is -3.49. The third-order valence-corrected chi connectivity index (χ3v) is 4.09. The van der Waals surface area contributed by atoms with E-state index in [1.807, 2.05) is 18.2 Å². The number of hydrogen-bond acceptors (Lipinski definition) is 8. The largest absolute Gasteiger partial charge is 0.353 e. The number of pyridine rings is 1. The molecule has 3 aromatic heterocycles. The molecule has 9 heteroatoms. The van der Waals surface area contributed by atoms with Gasteiger partial charge in [0.2, 0.25) is 11.7 Å². The molecule has 1 amide bonds. The molecule has 0 radical (unpaired) electrons. The van der Waals surface area contributed by atoms with Crippen LogP contribution in [-0.4, -0.2) is 52.2 Å². The number of rotatable bonds is 4. The van der Waals surface area contributed by atoms with Crippen molar-refractivity contribution < 1.29 is 9.32 Å². The van der Waals surface area contributed by atoms with Crippen molar-refractivity contribution in [2.24, 2.45) is 0 Å². The van der Waals surface area contributed by atoms with Gasteiger partial charge in [0, 0.05) is 38.4 Å². The summed E-state index contributed by atoms with van der Waals surface area (Å²) in [5, 5.41) is 6.18. The summed E-state index contributed by atoms with van der Waals surface area (Å²) >= 11 is 0. The summed E-state index contributed by atoms with van der Waals surface area (Å²) in [5.74, 6) is 1.38. The van der Waals surface area contributed by atoms with Crippen molar-refractivity contribution in [2.75, 3.05) is 41.3 Å². The number of anilines is 3. The van der Waals surface area contributed by atoms with Crippen LogP contribution >= 0.6 is 0 Å². The highest BCUT2D eigenvalue weighted by atomic mass is 16.5. The van der Waals surface area contributed by atoms with Crippen molar-refractivity contribution in [3.63, 3.8) is 0 Å². The van der Waals surface area contributed by atoms with E-state index < -0.39 is 0 Å². The average Bonchev–Trinajstić information content (AvgIpc) is 3.25. The van der Waals surface area contributed by atoms with Gasteiger partial charge in [-0.1, -0.05) is 11.2 Å². The van der Waals surface area contributed by atoms with E-state index in [0.29, 0.717) is 11.6 Å². The maximum absolute atomic E-state index is 11.9. The predicted molar refractivity (Wildman–Crippen MR) is 95.2 cm³/mol. The second-order valence-corrected chi connectivity index (χ2v) is 5.76. The monoisotopic (exact) mass is 351 g/mol. The summed E-state index contributed by atoms with van der Waals surface area (Å²) in [6, 6.07) is 7.41. The molecule has 1 N–H and O–H groups in total. The zero-order valence-electron chi connectivity index (χ0n) is 13.9. The second kappa shape index (κ2) is 7.18. The fourth-order valence-corrected chi connectivity index (χ4v) is 2.75. The number of hydrogen-bond donors (Lipinski definition) is 1. The molecule has 4 heterocycles. The fraction of sp³-hybridized carbons (Fsp3) is 0.235. The number of carbonyl (C=O) groups is 1. The molecule has 0 aromatic carbocycles. The van der Waals surface area contributed by atoms with E-state index in [2.05, 4.69) is 35.2 Å². The van der Waals surface area contributed by atoms with Gasteiger partial charge >= 0.3 is 0 Å². The van der Waals surface area contributed by atoms with Crippen molar-refractivity contribution in [3.05, 3.63) is 54.8 Å². The van der Waals surface area contributed by atoms with E-state index in [1.54, 1.807) is 18.6 Å². The lowest BCUT2D eigenvalue weighted by molar-refractivity contribution is 0.0988. The molecule has 0 bridgehead atoms. The Balaban J connectivity index is 1.35. The molecule has 0 unspecified atom stereocenters. The summed E-state index contributed by atoms with van der Waals surface area (Å²) in [7, 11) is 0. The topological polar surface area (TPSA) is 100 Å². The third kappa shape index (κ3) is 3.46. The van der Waals surface area contributed by atoms with E-state index in [9.17, 15) is 4.79 Å². The summed E-state index contributed by atoms with van der Waals surface area (Å²) in [4.78, 5) is 29.4. The normalized spacial score (nSPS) is 14.3. The van der Waals surface area contributed by atoms with Crippen LogP contribution in [0.15, 0.2) is 53.6 Å². The maximum atomic E-state index is 11.9. The Morgan fingerprint density at radius 1 is 0.962 bits per heavy atom. The van der Waals surface area contributed by atoms with Gasteiger partial charge in [-0.05, 0) is 12.1 Å². The predicted octanol–water partition coefficient (Wildman–Crippen LogP) is 1.44. The Morgan fingerprint density at radius 2 is 1.73 bits per heavy atom. The fourth-order valence-electron chi connectivity index (χ4n) is 2.75. The van der Waals surface area contributed by atoms with Gasteiger partial charge < -0.3 is 19.6 Å².